The Morgan fingerprint density at radius 1 is 1.56 bits per heavy atom. The Morgan fingerprint density at radius 2 is 2.56 bits per heavy atom. The third kappa shape index (κ3) is 0.772. The molecule has 46 valence electrons. The lowest BCUT2D eigenvalue weighted by Crippen LogP contribution is -1.81. The Morgan fingerprint density at radius 3 is 3.44 bits per heavy atom. The van der Waals surface area contributed by atoms with Gasteiger partial charge in [-0.3, -0.25) is 0 Å². The van der Waals surface area contributed by atoms with Crippen LogP contribution < -0.4 is 0 Å². The molecule has 0 radical (unpaired) electrons. The highest BCUT2D eigenvalue weighted by molar-refractivity contribution is 8.11. The summed E-state index contributed by atoms with van der Waals surface area (Å²) >= 11 is 1.69. The highest BCUT2D eigenvalue weighted by Gasteiger charge is 2.06. The van der Waals surface area contributed by atoms with Crippen LogP contribution in [0.1, 0.15) is 5.56 Å². The average Bonchev–Trinajstić information content (AvgIpc) is 2.33. The number of rotatable bonds is 0. The summed E-state index contributed by atoms with van der Waals surface area (Å²) in [5.74, 6) is 0.995. The highest BCUT2D eigenvalue weighted by atomic mass is 32.2. The SMILES string of the molecule is C1=Nc2cocc2CS1. The molecule has 1 aromatic rings. The predicted molar refractivity (Wildman–Crippen MR) is 38.2 cm³/mol. The zero-order valence-electron chi connectivity index (χ0n) is 4.70. The van der Waals surface area contributed by atoms with E-state index in [1.54, 1.807) is 24.3 Å². The van der Waals surface area contributed by atoms with Crippen LogP contribution in [-0.4, -0.2) is 5.55 Å². The summed E-state index contributed by atoms with van der Waals surface area (Å²) in [5.41, 5.74) is 4.02. The Bertz CT molecular complexity index is 241. The first kappa shape index (κ1) is 5.11. The van der Waals surface area contributed by atoms with Crippen molar-refractivity contribution in [1.82, 2.24) is 0 Å². The van der Waals surface area contributed by atoms with E-state index in [0.29, 0.717) is 0 Å². The maximum Gasteiger partial charge on any atom is 0.116 e. The molecule has 0 unspecified atom stereocenters. The number of fused-ring (bicyclic) bond motifs is 1. The molecule has 0 aliphatic carbocycles. The molecule has 1 aliphatic heterocycles. The number of furan rings is 1. The number of hydrogen-bond acceptors (Lipinski definition) is 3. The van der Waals surface area contributed by atoms with Gasteiger partial charge in [0, 0.05) is 11.3 Å². The Labute approximate surface area is 57.0 Å². The average molecular weight is 139 g/mol. The second kappa shape index (κ2) is 1.92. The number of nitrogens with zero attached hydrogens (tertiary/aromatic N) is 1. The van der Waals surface area contributed by atoms with Crippen molar-refractivity contribution in [2.75, 3.05) is 0 Å². The lowest BCUT2D eigenvalue weighted by molar-refractivity contribution is 0.566. The molecule has 1 aliphatic rings. The van der Waals surface area contributed by atoms with Crippen LogP contribution in [0.3, 0.4) is 0 Å². The molecule has 1 aromatic heterocycles. The molecule has 2 heterocycles. The van der Waals surface area contributed by atoms with Crippen LogP contribution in [0, 0.1) is 0 Å². The summed E-state index contributed by atoms with van der Waals surface area (Å²) in [7, 11) is 0. The summed E-state index contributed by atoms with van der Waals surface area (Å²) < 4.78 is 4.94. The standard InChI is InChI=1S/C6H5NOS/c1-5-3-9-4-7-6(5)2-8-1/h1-2,4H,3H2. The van der Waals surface area contributed by atoms with Crippen molar-refractivity contribution < 1.29 is 4.42 Å². The van der Waals surface area contributed by atoms with Crippen LogP contribution in [0.2, 0.25) is 0 Å². The van der Waals surface area contributed by atoms with Crippen molar-refractivity contribution in [3.05, 3.63) is 18.1 Å². The van der Waals surface area contributed by atoms with Gasteiger partial charge in [0.2, 0.25) is 0 Å². The minimum atomic E-state index is 0.980. The van der Waals surface area contributed by atoms with E-state index in [4.69, 9.17) is 4.42 Å². The molecule has 9 heavy (non-hydrogen) atoms. The van der Waals surface area contributed by atoms with Crippen molar-refractivity contribution in [2.24, 2.45) is 4.99 Å². The van der Waals surface area contributed by atoms with E-state index in [9.17, 15) is 0 Å². The van der Waals surface area contributed by atoms with Crippen LogP contribution in [0.4, 0.5) is 5.69 Å². The molecular weight excluding hydrogens is 134 g/mol. The number of thioether (sulfide) groups is 1. The Kier molecular flexibility index (Phi) is 1.09. The molecule has 2 rings (SSSR count). The fourth-order valence-corrected chi connectivity index (χ4v) is 1.42. The minimum Gasteiger partial charge on any atom is -0.470 e. The summed E-state index contributed by atoms with van der Waals surface area (Å²) in [6, 6.07) is 0. The summed E-state index contributed by atoms with van der Waals surface area (Å²) in [6.45, 7) is 0. The lowest BCUT2D eigenvalue weighted by atomic mass is 10.3. The molecule has 0 aromatic carbocycles. The van der Waals surface area contributed by atoms with Gasteiger partial charge in [0.15, 0.2) is 0 Å². The first-order valence-corrected chi connectivity index (χ1v) is 3.71. The zero-order chi connectivity index (χ0) is 6.10. The maximum atomic E-state index is 4.94. The van der Waals surface area contributed by atoms with Crippen molar-refractivity contribution in [2.45, 2.75) is 5.75 Å². The Balaban J connectivity index is 2.53. The second-order valence-corrected chi connectivity index (χ2v) is 2.66. The van der Waals surface area contributed by atoms with Crippen LogP contribution in [0.25, 0.3) is 0 Å². The molecule has 0 saturated heterocycles. The van der Waals surface area contributed by atoms with Gasteiger partial charge in [-0.25, -0.2) is 4.99 Å². The fraction of sp³-hybridized carbons (Fsp3) is 0.167. The topological polar surface area (TPSA) is 25.5 Å². The van der Waals surface area contributed by atoms with Gasteiger partial charge in [-0.05, 0) is 0 Å². The summed E-state index contributed by atoms with van der Waals surface area (Å²) in [5, 5.41) is 0. The lowest BCUT2D eigenvalue weighted by Gasteiger charge is -1.98. The maximum absolute atomic E-state index is 4.94. The molecular formula is C6H5NOS. The predicted octanol–water partition coefficient (Wildman–Crippen LogP) is 2.19. The number of aliphatic imine (C=N–C) groups is 1. The first-order valence-electron chi connectivity index (χ1n) is 2.66. The van der Waals surface area contributed by atoms with Gasteiger partial charge in [-0.15, -0.1) is 11.8 Å². The van der Waals surface area contributed by atoms with Crippen LogP contribution in [0.15, 0.2) is 21.9 Å². The zero-order valence-corrected chi connectivity index (χ0v) is 5.52. The molecule has 0 spiro atoms. The molecule has 0 fully saturated rings. The largest absolute Gasteiger partial charge is 0.470 e. The molecule has 3 heteroatoms. The normalized spacial score (nSPS) is 15.6. The fourth-order valence-electron chi connectivity index (χ4n) is 0.759. The van der Waals surface area contributed by atoms with Crippen molar-refractivity contribution >= 4 is 23.0 Å². The number of hydrogen-bond donors (Lipinski definition) is 0. The summed E-state index contributed by atoms with van der Waals surface area (Å²) in [6.07, 6.45) is 3.42. The molecule has 0 bridgehead atoms. The van der Waals surface area contributed by atoms with E-state index in [2.05, 4.69) is 4.99 Å². The molecule has 0 saturated carbocycles. The minimum absolute atomic E-state index is 0.980. The van der Waals surface area contributed by atoms with Gasteiger partial charge >= 0.3 is 0 Å². The molecule has 0 N–H and O–H groups in total. The van der Waals surface area contributed by atoms with E-state index in [-0.39, 0.29) is 0 Å². The first-order chi connectivity index (χ1) is 4.47. The quantitative estimate of drug-likeness (QED) is 0.550. The van der Waals surface area contributed by atoms with E-state index in [1.165, 1.54) is 5.56 Å². The third-order valence-corrected chi connectivity index (χ3v) is 1.96. The van der Waals surface area contributed by atoms with Gasteiger partial charge in [0.25, 0.3) is 0 Å². The van der Waals surface area contributed by atoms with Gasteiger partial charge in [-0.2, -0.15) is 0 Å². The van der Waals surface area contributed by atoms with Crippen molar-refractivity contribution in [3.8, 4) is 0 Å². The van der Waals surface area contributed by atoms with E-state index < -0.39 is 0 Å². The second-order valence-electron chi connectivity index (χ2n) is 1.83. The molecule has 0 atom stereocenters. The van der Waals surface area contributed by atoms with E-state index in [0.717, 1.165) is 11.4 Å². The van der Waals surface area contributed by atoms with Crippen molar-refractivity contribution in [1.29, 1.82) is 0 Å². The van der Waals surface area contributed by atoms with Gasteiger partial charge < -0.3 is 4.42 Å². The highest BCUT2D eigenvalue weighted by Crippen LogP contribution is 2.28. The van der Waals surface area contributed by atoms with Gasteiger partial charge in [0.05, 0.1) is 11.8 Å². The van der Waals surface area contributed by atoms with E-state index >= 15 is 0 Å². The van der Waals surface area contributed by atoms with Crippen LogP contribution >= 0.6 is 11.8 Å². The third-order valence-electron chi connectivity index (χ3n) is 1.22. The molecule has 2 nitrogen and oxygen atoms in total. The Hall–Kier alpha value is -0.700. The van der Waals surface area contributed by atoms with Crippen LogP contribution in [0.5, 0.6) is 0 Å². The van der Waals surface area contributed by atoms with Crippen LogP contribution in [-0.2, 0) is 5.75 Å². The smallest absolute Gasteiger partial charge is 0.116 e. The van der Waals surface area contributed by atoms with E-state index in [1.807, 2.05) is 5.55 Å². The van der Waals surface area contributed by atoms with Crippen molar-refractivity contribution in [3.63, 3.8) is 0 Å². The van der Waals surface area contributed by atoms with Gasteiger partial charge in [0.1, 0.15) is 12.0 Å². The van der Waals surface area contributed by atoms with Gasteiger partial charge in [-0.1, -0.05) is 0 Å². The molecule has 0 amide bonds. The summed E-state index contributed by atoms with van der Waals surface area (Å²) in [4.78, 5) is 4.10. The monoisotopic (exact) mass is 139 g/mol.